The molecular formula is C18H20BrFN4O2S. The second kappa shape index (κ2) is 9.27. The lowest BCUT2D eigenvalue weighted by Crippen LogP contribution is -2.37. The lowest BCUT2D eigenvalue weighted by atomic mass is 10.2. The molecule has 1 saturated heterocycles. The Labute approximate surface area is 169 Å². The van der Waals surface area contributed by atoms with Crippen molar-refractivity contribution in [2.24, 2.45) is 0 Å². The smallest absolute Gasteiger partial charge is 0.252 e. The maximum Gasteiger partial charge on any atom is 0.252 e. The van der Waals surface area contributed by atoms with Crippen LogP contribution in [0.15, 0.2) is 34.2 Å². The summed E-state index contributed by atoms with van der Waals surface area (Å²) in [6.45, 7) is 3.18. The van der Waals surface area contributed by atoms with E-state index in [2.05, 4.69) is 31.1 Å². The molecule has 1 aliphatic heterocycles. The topological polar surface area (TPSA) is 65.5 Å². The van der Waals surface area contributed by atoms with Crippen LogP contribution in [0.5, 0.6) is 0 Å². The minimum Gasteiger partial charge on any atom is -0.351 e. The van der Waals surface area contributed by atoms with Crippen LogP contribution in [0.2, 0.25) is 0 Å². The zero-order chi connectivity index (χ0) is 19.2. The minimum atomic E-state index is -0.478. The number of aromatic nitrogens is 1. The van der Waals surface area contributed by atoms with Gasteiger partial charge < -0.3 is 15.1 Å². The monoisotopic (exact) mass is 454 g/mol. The van der Waals surface area contributed by atoms with E-state index in [1.54, 1.807) is 17.5 Å². The molecule has 1 aromatic heterocycles. The maximum atomic E-state index is 13.3. The van der Waals surface area contributed by atoms with Gasteiger partial charge in [0.05, 0.1) is 5.56 Å². The molecule has 6 nitrogen and oxygen atoms in total. The largest absolute Gasteiger partial charge is 0.351 e. The average Bonchev–Trinajstić information content (AvgIpc) is 3.08. The first-order valence-electron chi connectivity index (χ1n) is 8.70. The minimum absolute atomic E-state index is 0.00889. The molecule has 0 unspecified atom stereocenters. The Bertz CT molecular complexity index is 803. The second-order valence-electron chi connectivity index (χ2n) is 6.17. The van der Waals surface area contributed by atoms with Crippen molar-refractivity contribution in [3.05, 3.63) is 45.6 Å². The van der Waals surface area contributed by atoms with Gasteiger partial charge in [-0.05, 0) is 40.5 Å². The van der Waals surface area contributed by atoms with Crippen molar-refractivity contribution < 1.29 is 14.0 Å². The number of hydrogen-bond acceptors (Lipinski definition) is 5. The fraction of sp³-hybridized carbons (Fsp3) is 0.389. The number of amides is 2. The van der Waals surface area contributed by atoms with E-state index in [0.29, 0.717) is 17.6 Å². The number of thiazole rings is 1. The zero-order valence-electron chi connectivity index (χ0n) is 14.7. The number of carbonyl (C=O) groups excluding carboxylic acids is 2. The van der Waals surface area contributed by atoms with Crippen LogP contribution in [0, 0.1) is 5.82 Å². The molecule has 0 saturated carbocycles. The van der Waals surface area contributed by atoms with Crippen LogP contribution in [0.1, 0.15) is 23.2 Å². The standard InChI is InChI=1S/C18H20BrFN4O2S/c19-15-3-2-13(20)12-14(15)17(26)21-5-4-16(25)23-7-1-8-24(10-9-23)18-22-6-11-27-18/h2-3,6,11-12H,1,4-5,7-10H2,(H,21,26). The Kier molecular flexibility index (Phi) is 6.78. The number of nitrogens with zero attached hydrogens (tertiary/aromatic N) is 3. The molecule has 1 aromatic carbocycles. The summed E-state index contributed by atoms with van der Waals surface area (Å²) in [4.78, 5) is 33.0. The number of hydrogen-bond donors (Lipinski definition) is 1. The van der Waals surface area contributed by atoms with Crippen molar-refractivity contribution in [2.75, 3.05) is 37.6 Å². The third-order valence-corrected chi connectivity index (χ3v) is 5.86. The van der Waals surface area contributed by atoms with Gasteiger partial charge in [-0.15, -0.1) is 11.3 Å². The first-order chi connectivity index (χ1) is 13.0. The Morgan fingerprint density at radius 2 is 2.11 bits per heavy atom. The summed E-state index contributed by atoms with van der Waals surface area (Å²) in [5.41, 5.74) is 0.219. The van der Waals surface area contributed by atoms with E-state index in [1.165, 1.54) is 18.2 Å². The maximum absolute atomic E-state index is 13.3. The second-order valence-corrected chi connectivity index (χ2v) is 7.89. The summed E-state index contributed by atoms with van der Waals surface area (Å²) in [5, 5.41) is 5.61. The quantitative estimate of drug-likeness (QED) is 0.753. The molecule has 1 aliphatic rings. The molecular weight excluding hydrogens is 435 g/mol. The van der Waals surface area contributed by atoms with Gasteiger partial charge in [0.1, 0.15) is 5.82 Å². The van der Waals surface area contributed by atoms with Gasteiger partial charge in [0.2, 0.25) is 5.91 Å². The van der Waals surface area contributed by atoms with Gasteiger partial charge >= 0.3 is 0 Å². The van der Waals surface area contributed by atoms with Crippen molar-refractivity contribution >= 4 is 44.2 Å². The number of benzene rings is 1. The van der Waals surface area contributed by atoms with E-state index in [4.69, 9.17) is 0 Å². The molecule has 3 rings (SSSR count). The Morgan fingerprint density at radius 1 is 1.26 bits per heavy atom. The molecule has 2 aromatic rings. The van der Waals surface area contributed by atoms with E-state index in [9.17, 15) is 14.0 Å². The molecule has 0 aliphatic carbocycles. The average molecular weight is 455 g/mol. The Morgan fingerprint density at radius 3 is 2.89 bits per heavy atom. The first kappa shape index (κ1) is 19.8. The number of rotatable bonds is 5. The third kappa shape index (κ3) is 5.26. The van der Waals surface area contributed by atoms with Gasteiger partial charge in [0, 0.05) is 55.2 Å². The van der Waals surface area contributed by atoms with Gasteiger partial charge in [0.25, 0.3) is 5.91 Å². The fourth-order valence-electron chi connectivity index (χ4n) is 2.94. The predicted molar refractivity (Wildman–Crippen MR) is 107 cm³/mol. The van der Waals surface area contributed by atoms with Gasteiger partial charge in [-0.1, -0.05) is 0 Å². The SMILES string of the molecule is O=C(NCCC(=O)N1CCCN(c2nccs2)CC1)c1cc(F)ccc1Br. The number of nitrogens with one attached hydrogen (secondary N) is 1. The van der Waals surface area contributed by atoms with Crippen LogP contribution >= 0.6 is 27.3 Å². The summed E-state index contributed by atoms with van der Waals surface area (Å²) in [6.07, 6.45) is 2.89. The van der Waals surface area contributed by atoms with Crippen molar-refractivity contribution in [1.29, 1.82) is 0 Å². The Hall–Kier alpha value is -2.00. The summed E-state index contributed by atoms with van der Waals surface area (Å²) >= 11 is 4.83. The summed E-state index contributed by atoms with van der Waals surface area (Å²) in [6, 6.07) is 3.93. The molecule has 0 atom stereocenters. The number of halogens is 2. The fourth-order valence-corrected chi connectivity index (χ4v) is 4.06. The molecule has 2 amide bonds. The first-order valence-corrected chi connectivity index (χ1v) is 10.4. The van der Waals surface area contributed by atoms with Gasteiger partial charge in [0.15, 0.2) is 5.13 Å². The van der Waals surface area contributed by atoms with Crippen LogP contribution in [0.25, 0.3) is 0 Å². The normalized spacial score (nSPS) is 14.7. The van der Waals surface area contributed by atoms with Crippen molar-refractivity contribution in [2.45, 2.75) is 12.8 Å². The highest BCUT2D eigenvalue weighted by atomic mass is 79.9. The van der Waals surface area contributed by atoms with Crippen LogP contribution in [-0.4, -0.2) is 54.4 Å². The molecule has 2 heterocycles. The highest BCUT2D eigenvalue weighted by molar-refractivity contribution is 9.10. The van der Waals surface area contributed by atoms with E-state index in [0.717, 1.165) is 24.6 Å². The van der Waals surface area contributed by atoms with Crippen LogP contribution in [0.3, 0.4) is 0 Å². The van der Waals surface area contributed by atoms with Gasteiger partial charge in [-0.3, -0.25) is 9.59 Å². The third-order valence-electron chi connectivity index (χ3n) is 4.34. The summed E-state index contributed by atoms with van der Waals surface area (Å²) in [5.74, 6) is -0.872. The molecule has 1 N–H and O–H groups in total. The molecule has 0 bridgehead atoms. The number of anilines is 1. The van der Waals surface area contributed by atoms with E-state index < -0.39 is 11.7 Å². The van der Waals surface area contributed by atoms with Crippen LogP contribution in [0.4, 0.5) is 9.52 Å². The van der Waals surface area contributed by atoms with Crippen molar-refractivity contribution in [1.82, 2.24) is 15.2 Å². The molecule has 144 valence electrons. The van der Waals surface area contributed by atoms with E-state index in [1.807, 2.05) is 10.3 Å². The lowest BCUT2D eigenvalue weighted by Gasteiger charge is -2.21. The van der Waals surface area contributed by atoms with Crippen LogP contribution in [-0.2, 0) is 4.79 Å². The molecule has 27 heavy (non-hydrogen) atoms. The molecule has 1 fully saturated rings. The van der Waals surface area contributed by atoms with Crippen molar-refractivity contribution in [3.8, 4) is 0 Å². The van der Waals surface area contributed by atoms with E-state index in [-0.39, 0.29) is 24.4 Å². The van der Waals surface area contributed by atoms with Gasteiger partial charge in [-0.25, -0.2) is 9.37 Å². The highest BCUT2D eigenvalue weighted by Crippen LogP contribution is 2.19. The van der Waals surface area contributed by atoms with Crippen molar-refractivity contribution in [3.63, 3.8) is 0 Å². The number of carbonyl (C=O) groups is 2. The van der Waals surface area contributed by atoms with E-state index >= 15 is 0 Å². The van der Waals surface area contributed by atoms with Crippen LogP contribution < -0.4 is 10.2 Å². The predicted octanol–water partition coefficient (Wildman–Crippen LogP) is 2.90. The molecule has 0 spiro atoms. The lowest BCUT2D eigenvalue weighted by molar-refractivity contribution is -0.130. The Balaban J connectivity index is 1.46. The highest BCUT2D eigenvalue weighted by Gasteiger charge is 2.20. The summed E-state index contributed by atoms with van der Waals surface area (Å²) < 4.78 is 13.8. The zero-order valence-corrected chi connectivity index (χ0v) is 17.1. The molecule has 0 radical (unpaired) electrons. The summed E-state index contributed by atoms with van der Waals surface area (Å²) in [7, 11) is 0. The van der Waals surface area contributed by atoms with Gasteiger partial charge in [-0.2, -0.15) is 0 Å². The molecule has 9 heteroatoms.